The molecule has 0 aliphatic heterocycles. The number of nitrogens with one attached hydrogen (secondary N) is 1. The SMILES string of the molecule is N=C(N)SC/N=[N+](\[O-])c1ccccc1. The Balaban J connectivity index is 2.57. The van der Waals surface area contributed by atoms with Crippen molar-refractivity contribution in [2.75, 3.05) is 5.88 Å². The maximum atomic E-state index is 11.3. The molecule has 1 aromatic carbocycles. The minimum absolute atomic E-state index is 0.0461. The highest BCUT2D eigenvalue weighted by atomic mass is 32.2. The fourth-order valence-electron chi connectivity index (χ4n) is 0.788. The smallest absolute Gasteiger partial charge is 0.244 e. The molecule has 0 heterocycles. The quantitative estimate of drug-likeness (QED) is 0.262. The number of hydrogen-bond acceptors (Lipinski definition) is 4. The number of rotatable bonds is 3. The van der Waals surface area contributed by atoms with Crippen molar-refractivity contribution >= 4 is 22.6 Å². The van der Waals surface area contributed by atoms with Gasteiger partial charge in [-0.15, -0.1) is 0 Å². The van der Waals surface area contributed by atoms with Crippen LogP contribution in [0.5, 0.6) is 0 Å². The standard InChI is InChI=1S/C8H10N4OS/c9-8(10)14-6-11-12(13)7-4-2-1-3-5-7/h1-5H,6H2,(H3,9,10)/b12-11-. The Kier molecular flexibility index (Phi) is 3.93. The van der Waals surface area contributed by atoms with Gasteiger partial charge in [0, 0.05) is 12.1 Å². The number of benzene rings is 1. The summed E-state index contributed by atoms with van der Waals surface area (Å²) in [5.74, 6) is 0.160. The molecule has 0 atom stereocenters. The van der Waals surface area contributed by atoms with Crippen LogP contribution in [0.1, 0.15) is 0 Å². The molecule has 3 N–H and O–H groups in total. The Morgan fingerprint density at radius 1 is 1.50 bits per heavy atom. The van der Waals surface area contributed by atoms with Gasteiger partial charge in [-0.25, -0.2) is 0 Å². The minimum atomic E-state index is -0.0461. The van der Waals surface area contributed by atoms with E-state index in [1.807, 2.05) is 6.07 Å². The molecule has 0 spiro atoms. The third kappa shape index (κ3) is 3.44. The van der Waals surface area contributed by atoms with Crippen molar-refractivity contribution in [3.63, 3.8) is 0 Å². The highest BCUT2D eigenvalue weighted by Gasteiger charge is 2.00. The van der Waals surface area contributed by atoms with Gasteiger partial charge in [-0.2, -0.15) is 0 Å². The van der Waals surface area contributed by atoms with E-state index < -0.39 is 0 Å². The minimum Gasteiger partial charge on any atom is -0.594 e. The molecule has 0 aliphatic rings. The first-order chi connectivity index (χ1) is 6.70. The predicted octanol–water partition coefficient (Wildman–Crippen LogP) is 1.86. The number of amidine groups is 1. The van der Waals surface area contributed by atoms with Crippen molar-refractivity contribution in [2.45, 2.75) is 0 Å². The lowest BCUT2D eigenvalue weighted by atomic mass is 10.3. The number of azo groups is 1. The molecule has 0 fully saturated rings. The summed E-state index contributed by atoms with van der Waals surface area (Å²) in [6.45, 7) is 0. The molecule has 14 heavy (non-hydrogen) atoms. The molecular weight excluding hydrogens is 200 g/mol. The van der Waals surface area contributed by atoms with E-state index in [4.69, 9.17) is 11.1 Å². The predicted molar refractivity (Wildman–Crippen MR) is 56.5 cm³/mol. The van der Waals surface area contributed by atoms with Gasteiger partial charge in [0.1, 0.15) is 0 Å². The zero-order valence-corrected chi connectivity index (χ0v) is 8.20. The molecule has 1 rings (SSSR count). The van der Waals surface area contributed by atoms with E-state index in [9.17, 15) is 5.21 Å². The molecule has 74 valence electrons. The number of hydrogen-bond donors (Lipinski definition) is 2. The van der Waals surface area contributed by atoms with Crippen molar-refractivity contribution in [1.29, 1.82) is 5.41 Å². The summed E-state index contributed by atoms with van der Waals surface area (Å²) in [7, 11) is 0. The van der Waals surface area contributed by atoms with E-state index in [0.29, 0.717) is 10.5 Å². The van der Waals surface area contributed by atoms with Gasteiger partial charge in [-0.1, -0.05) is 34.8 Å². The zero-order valence-electron chi connectivity index (χ0n) is 7.38. The number of nitrogens with zero attached hydrogens (tertiary/aromatic N) is 2. The van der Waals surface area contributed by atoms with Crippen LogP contribution in [0.15, 0.2) is 35.4 Å². The van der Waals surface area contributed by atoms with E-state index in [1.165, 1.54) is 0 Å². The second-order valence-corrected chi connectivity index (χ2v) is 3.37. The summed E-state index contributed by atoms with van der Waals surface area (Å²) in [4.78, 5) is 0.524. The van der Waals surface area contributed by atoms with Gasteiger partial charge < -0.3 is 10.9 Å². The van der Waals surface area contributed by atoms with Crippen LogP contribution < -0.4 is 5.73 Å². The third-order valence-corrected chi connectivity index (χ3v) is 1.94. The van der Waals surface area contributed by atoms with Crippen LogP contribution in [-0.4, -0.2) is 15.9 Å². The topological polar surface area (TPSA) is 88.3 Å². The van der Waals surface area contributed by atoms with Crippen molar-refractivity contribution in [1.82, 2.24) is 0 Å². The highest BCUT2D eigenvalue weighted by molar-refractivity contribution is 8.13. The molecule has 5 nitrogen and oxygen atoms in total. The summed E-state index contributed by atoms with van der Waals surface area (Å²) in [5, 5.41) is 21.8. The molecule has 0 bridgehead atoms. The fourth-order valence-corrected chi connectivity index (χ4v) is 1.09. The Morgan fingerprint density at radius 2 is 2.14 bits per heavy atom. The van der Waals surface area contributed by atoms with Gasteiger partial charge in [0.05, 0.1) is 0 Å². The van der Waals surface area contributed by atoms with Crippen LogP contribution >= 0.6 is 11.8 Å². The van der Waals surface area contributed by atoms with Crippen molar-refractivity contribution in [3.8, 4) is 0 Å². The van der Waals surface area contributed by atoms with Gasteiger partial charge >= 0.3 is 0 Å². The lowest BCUT2D eigenvalue weighted by Gasteiger charge is -1.98. The lowest BCUT2D eigenvalue weighted by Crippen LogP contribution is -2.04. The summed E-state index contributed by atoms with van der Waals surface area (Å²) >= 11 is 1.01. The van der Waals surface area contributed by atoms with Crippen LogP contribution in [0.4, 0.5) is 5.69 Å². The molecule has 0 aromatic heterocycles. The molecule has 0 saturated carbocycles. The van der Waals surface area contributed by atoms with Crippen LogP contribution in [0, 0.1) is 10.6 Å². The number of thioether (sulfide) groups is 1. The molecule has 0 amide bonds. The average molecular weight is 210 g/mol. The first-order valence-corrected chi connectivity index (χ1v) is 4.85. The first kappa shape index (κ1) is 10.5. The lowest BCUT2D eigenvalue weighted by molar-refractivity contribution is -0.440. The molecule has 0 unspecified atom stereocenters. The van der Waals surface area contributed by atoms with E-state index >= 15 is 0 Å². The summed E-state index contributed by atoms with van der Waals surface area (Å²) in [6, 6.07) is 8.66. The second kappa shape index (κ2) is 5.23. The Labute approximate surface area is 85.7 Å². The number of nitrogens with two attached hydrogens (primary N) is 1. The van der Waals surface area contributed by atoms with Gasteiger partial charge in [-0.05, 0) is 5.11 Å². The van der Waals surface area contributed by atoms with Crippen LogP contribution in [0.25, 0.3) is 0 Å². The largest absolute Gasteiger partial charge is 0.594 e. The molecule has 0 aliphatic carbocycles. The Hall–Kier alpha value is -1.56. The van der Waals surface area contributed by atoms with Crippen LogP contribution in [-0.2, 0) is 0 Å². The monoisotopic (exact) mass is 210 g/mol. The van der Waals surface area contributed by atoms with Crippen molar-refractivity contribution in [2.24, 2.45) is 10.8 Å². The summed E-state index contributed by atoms with van der Waals surface area (Å²) in [5.41, 5.74) is 5.55. The van der Waals surface area contributed by atoms with E-state index in [1.54, 1.807) is 24.3 Å². The maximum absolute atomic E-state index is 11.3. The third-order valence-electron chi connectivity index (χ3n) is 1.38. The Bertz CT molecular complexity index is 338. The van der Waals surface area contributed by atoms with Crippen LogP contribution in [0.2, 0.25) is 0 Å². The molecule has 1 aromatic rings. The van der Waals surface area contributed by atoms with Gasteiger partial charge in [0.15, 0.2) is 11.0 Å². The summed E-state index contributed by atoms with van der Waals surface area (Å²) in [6.07, 6.45) is 0. The number of para-hydroxylation sites is 1. The summed E-state index contributed by atoms with van der Waals surface area (Å²) < 4.78 is 0. The normalized spacial score (nSPS) is 11.3. The van der Waals surface area contributed by atoms with E-state index in [-0.39, 0.29) is 11.0 Å². The first-order valence-electron chi connectivity index (χ1n) is 3.86. The maximum Gasteiger partial charge on any atom is 0.244 e. The molecular formula is C8H10N4OS. The molecule has 6 heteroatoms. The van der Waals surface area contributed by atoms with E-state index in [0.717, 1.165) is 11.8 Å². The fraction of sp³-hybridized carbons (Fsp3) is 0.125. The van der Waals surface area contributed by atoms with Crippen molar-refractivity contribution < 1.29 is 4.86 Å². The Morgan fingerprint density at radius 3 is 2.71 bits per heavy atom. The zero-order chi connectivity index (χ0) is 10.4. The average Bonchev–Trinajstić information content (AvgIpc) is 2.18. The van der Waals surface area contributed by atoms with Gasteiger partial charge in [0.25, 0.3) is 0 Å². The second-order valence-electron chi connectivity index (χ2n) is 2.39. The molecule has 0 saturated heterocycles. The molecule has 0 radical (unpaired) electrons. The van der Waals surface area contributed by atoms with Crippen LogP contribution in [0.3, 0.4) is 0 Å². The van der Waals surface area contributed by atoms with Gasteiger partial charge in [0.2, 0.25) is 5.69 Å². The highest BCUT2D eigenvalue weighted by Crippen LogP contribution is 2.10. The van der Waals surface area contributed by atoms with Gasteiger partial charge in [-0.3, -0.25) is 5.41 Å². The van der Waals surface area contributed by atoms with Crippen molar-refractivity contribution in [3.05, 3.63) is 35.5 Å². The van der Waals surface area contributed by atoms with E-state index in [2.05, 4.69) is 5.11 Å².